The molecule has 0 amide bonds. The van der Waals surface area contributed by atoms with E-state index >= 15 is 0 Å². The number of thioether (sulfide) groups is 1. The smallest absolute Gasteiger partial charge is 0.0928 e. The normalized spacial score (nSPS) is 37.9. The molecule has 0 aliphatic carbocycles. The molecule has 1 aliphatic rings. The van der Waals surface area contributed by atoms with Gasteiger partial charge < -0.3 is 9.84 Å². The summed E-state index contributed by atoms with van der Waals surface area (Å²) in [6.07, 6.45) is 1.50. The summed E-state index contributed by atoms with van der Waals surface area (Å²) < 4.78 is 5.50. The Morgan fingerprint density at radius 3 is 2.91 bits per heavy atom. The maximum atomic E-state index is 8.94. The zero-order chi connectivity index (χ0) is 8.27. The summed E-state index contributed by atoms with van der Waals surface area (Å²) in [5, 5.41) is 9.46. The van der Waals surface area contributed by atoms with Gasteiger partial charge in [0, 0.05) is 5.25 Å². The molecule has 1 rings (SSSR count). The van der Waals surface area contributed by atoms with E-state index in [1.807, 2.05) is 11.8 Å². The van der Waals surface area contributed by atoms with E-state index in [0.29, 0.717) is 11.4 Å². The molecule has 2 nitrogen and oxygen atoms in total. The molecule has 0 radical (unpaired) electrons. The fourth-order valence-corrected chi connectivity index (χ4v) is 2.67. The molecule has 0 bridgehead atoms. The number of hydrogen-bond donors (Lipinski definition) is 1. The van der Waals surface area contributed by atoms with Crippen LogP contribution in [-0.4, -0.2) is 34.9 Å². The van der Waals surface area contributed by atoms with Crippen molar-refractivity contribution in [2.75, 3.05) is 12.4 Å². The van der Waals surface area contributed by atoms with Crippen LogP contribution in [0.3, 0.4) is 0 Å². The fraction of sp³-hybridized carbons (Fsp3) is 1.00. The van der Waals surface area contributed by atoms with Crippen LogP contribution in [0, 0.1) is 0 Å². The van der Waals surface area contributed by atoms with E-state index in [0.717, 1.165) is 12.2 Å². The molecule has 66 valence electrons. The maximum Gasteiger partial charge on any atom is 0.0928 e. The second kappa shape index (κ2) is 4.33. The Morgan fingerprint density at radius 1 is 1.64 bits per heavy atom. The first kappa shape index (κ1) is 9.36. The highest BCUT2D eigenvalue weighted by Crippen LogP contribution is 2.29. The van der Waals surface area contributed by atoms with Crippen LogP contribution in [0.15, 0.2) is 0 Å². The van der Waals surface area contributed by atoms with E-state index in [-0.39, 0.29) is 12.7 Å². The fourth-order valence-electron chi connectivity index (χ4n) is 1.47. The Labute approximate surface area is 72.3 Å². The molecule has 0 aromatic carbocycles. The van der Waals surface area contributed by atoms with Crippen molar-refractivity contribution in [2.45, 2.75) is 37.7 Å². The average Bonchev–Trinajstić information content (AvgIpc) is 2.32. The standard InChI is InChI=1S/C8H16O2S/c1-3-11-8-4-6(2)10-7(8)5-9/h6-9H,3-5H2,1-2H3/t6?,7-,8?/m1/s1. The maximum absolute atomic E-state index is 8.94. The van der Waals surface area contributed by atoms with Crippen molar-refractivity contribution in [1.82, 2.24) is 0 Å². The van der Waals surface area contributed by atoms with E-state index in [4.69, 9.17) is 9.84 Å². The van der Waals surface area contributed by atoms with Crippen LogP contribution in [0.4, 0.5) is 0 Å². The Balaban J connectivity index is 2.37. The first-order valence-corrected chi connectivity index (χ1v) is 5.20. The Kier molecular flexibility index (Phi) is 3.69. The van der Waals surface area contributed by atoms with Gasteiger partial charge in [-0.25, -0.2) is 0 Å². The van der Waals surface area contributed by atoms with Crippen LogP contribution < -0.4 is 0 Å². The van der Waals surface area contributed by atoms with Crippen LogP contribution in [0.2, 0.25) is 0 Å². The van der Waals surface area contributed by atoms with Gasteiger partial charge in [-0.15, -0.1) is 0 Å². The van der Waals surface area contributed by atoms with Gasteiger partial charge in [0.1, 0.15) is 0 Å². The number of aliphatic hydroxyl groups excluding tert-OH is 1. The minimum Gasteiger partial charge on any atom is -0.394 e. The third-order valence-corrected chi connectivity index (χ3v) is 3.20. The topological polar surface area (TPSA) is 29.5 Å². The van der Waals surface area contributed by atoms with Gasteiger partial charge in [0.25, 0.3) is 0 Å². The SMILES string of the molecule is CCSC1CC(C)O[C@@H]1CO. The monoisotopic (exact) mass is 176 g/mol. The Hall–Kier alpha value is 0.270. The number of hydrogen-bond acceptors (Lipinski definition) is 3. The van der Waals surface area contributed by atoms with Crippen molar-refractivity contribution in [3.63, 3.8) is 0 Å². The summed E-state index contributed by atoms with van der Waals surface area (Å²) in [7, 11) is 0. The predicted octanol–water partition coefficient (Wildman–Crippen LogP) is 1.28. The van der Waals surface area contributed by atoms with Crippen LogP contribution in [0.5, 0.6) is 0 Å². The van der Waals surface area contributed by atoms with E-state index in [9.17, 15) is 0 Å². The van der Waals surface area contributed by atoms with Crippen molar-refractivity contribution in [3.8, 4) is 0 Å². The minimum absolute atomic E-state index is 0.0787. The van der Waals surface area contributed by atoms with Crippen LogP contribution in [0.25, 0.3) is 0 Å². The molecule has 1 fully saturated rings. The van der Waals surface area contributed by atoms with Gasteiger partial charge in [-0.2, -0.15) is 11.8 Å². The van der Waals surface area contributed by atoms with Crippen molar-refractivity contribution < 1.29 is 9.84 Å². The van der Waals surface area contributed by atoms with Crippen LogP contribution in [0.1, 0.15) is 20.3 Å². The third kappa shape index (κ3) is 2.36. The zero-order valence-electron chi connectivity index (χ0n) is 7.12. The van der Waals surface area contributed by atoms with Crippen molar-refractivity contribution in [3.05, 3.63) is 0 Å². The first-order chi connectivity index (χ1) is 5.27. The second-order valence-corrected chi connectivity index (χ2v) is 4.41. The molecular weight excluding hydrogens is 160 g/mol. The predicted molar refractivity (Wildman–Crippen MR) is 48.0 cm³/mol. The lowest BCUT2D eigenvalue weighted by Crippen LogP contribution is -2.22. The minimum atomic E-state index is 0.0787. The molecule has 1 heterocycles. The molecule has 0 spiro atoms. The first-order valence-electron chi connectivity index (χ1n) is 4.15. The molecule has 1 saturated heterocycles. The molecule has 1 aliphatic heterocycles. The summed E-state index contributed by atoms with van der Waals surface area (Å²) >= 11 is 1.89. The molecule has 0 aromatic rings. The largest absolute Gasteiger partial charge is 0.394 e. The van der Waals surface area contributed by atoms with E-state index in [1.54, 1.807) is 0 Å². The second-order valence-electron chi connectivity index (χ2n) is 2.90. The molecule has 1 N–H and O–H groups in total. The van der Waals surface area contributed by atoms with Gasteiger partial charge in [-0.1, -0.05) is 6.92 Å². The van der Waals surface area contributed by atoms with Gasteiger partial charge in [0.05, 0.1) is 18.8 Å². The van der Waals surface area contributed by atoms with Crippen LogP contribution >= 0.6 is 11.8 Å². The molecule has 2 unspecified atom stereocenters. The lowest BCUT2D eigenvalue weighted by molar-refractivity contribution is 0.0212. The van der Waals surface area contributed by atoms with Gasteiger partial charge in [-0.3, -0.25) is 0 Å². The van der Waals surface area contributed by atoms with E-state index in [1.165, 1.54) is 0 Å². The highest BCUT2D eigenvalue weighted by molar-refractivity contribution is 7.99. The number of rotatable bonds is 3. The molecular formula is C8H16O2S. The number of aliphatic hydroxyl groups is 1. The lowest BCUT2D eigenvalue weighted by Gasteiger charge is -2.13. The average molecular weight is 176 g/mol. The van der Waals surface area contributed by atoms with Crippen molar-refractivity contribution in [1.29, 1.82) is 0 Å². The van der Waals surface area contributed by atoms with Crippen LogP contribution in [-0.2, 0) is 4.74 Å². The van der Waals surface area contributed by atoms with Gasteiger partial charge in [0.2, 0.25) is 0 Å². The molecule has 3 heteroatoms. The summed E-state index contributed by atoms with van der Waals surface area (Å²) in [5.41, 5.74) is 0. The third-order valence-electron chi connectivity index (χ3n) is 1.95. The Morgan fingerprint density at radius 2 is 2.36 bits per heavy atom. The highest BCUT2D eigenvalue weighted by atomic mass is 32.2. The molecule has 0 aromatic heterocycles. The quantitative estimate of drug-likeness (QED) is 0.702. The summed E-state index contributed by atoms with van der Waals surface area (Å²) in [4.78, 5) is 0. The Bertz CT molecular complexity index is 119. The van der Waals surface area contributed by atoms with Crippen molar-refractivity contribution >= 4 is 11.8 Å². The molecule has 11 heavy (non-hydrogen) atoms. The molecule has 3 atom stereocenters. The van der Waals surface area contributed by atoms with Gasteiger partial charge in [-0.05, 0) is 19.1 Å². The summed E-state index contributed by atoms with van der Waals surface area (Å²) in [6.45, 7) is 4.38. The summed E-state index contributed by atoms with van der Waals surface area (Å²) in [6, 6.07) is 0. The van der Waals surface area contributed by atoms with E-state index < -0.39 is 0 Å². The van der Waals surface area contributed by atoms with Gasteiger partial charge in [0.15, 0.2) is 0 Å². The number of ether oxygens (including phenoxy) is 1. The summed E-state index contributed by atoms with van der Waals surface area (Å²) in [5.74, 6) is 1.11. The van der Waals surface area contributed by atoms with E-state index in [2.05, 4.69) is 13.8 Å². The highest BCUT2D eigenvalue weighted by Gasteiger charge is 2.31. The van der Waals surface area contributed by atoms with Gasteiger partial charge >= 0.3 is 0 Å². The lowest BCUT2D eigenvalue weighted by atomic mass is 10.2. The van der Waals surface area contributed by atoms with Crippen molar-refractivity contribution in [2.24, 2.45) is 0 Å². The zero-order valence-corrected chi connectivity index (χ0v) is 7.93. The molecule has 0 saturated carbocycles.